The van der Waals surface area contributed by atoms with Crippen LogP contribution in [0.15, 0.2) is 6.07 Å². The molecule has 0 unspecified atom stereocenters. The van der Waals surface area contributed by atoms with Gasteiger partial charge in [-0.25, -0.2) is 9.97 Å². The normalized spacial score (nSPS) is 10.4. The third kappa shape index (κ3) is 8.24. The minimum absolute atomic E-state index is 0.0714. The van der Waals surface area contributed by atoms with Gasteiger partial charge in [-0.2, -0.15) is 0 Å². The molecule has 118 valence electrons. The standard InChI is InChI=1S/C15H26N4O2/c1-12-11-13(2)19-15(18-12)17-9-6-7-14(21)16-8-4-3-5-10-20/h11,20H,3-10H2,1-2H3,(H,16,21)(H,17,18,19). The van der Waals surface area contributed by atoms with E-state index in [0.717, 1.165) is 37.1 Å². The number of aryl methyl sites for hydroxylation is 2. The Hall–Kier alpha value is -1.69. The van der Waals surface area contributed by atoms with Crippen LogP contribution < -0.4 is 10.6 Å². The third-order valence-electron chi connectivity index (χ3n) is 3.00. The van der Waals surface area contributed by atoms with Crippen LogP contribution in [0.3, 0.4) is 0 Å². The Labute approximate surface area is 126 Å². The number of unbranched alkanes of at least 4 members (excludes halogenated alkanes) is 2. The van der Waals surface area contributed by atoms with Crippen molar-refractivity contribution >= 4 is 11.9 Å². The van der Waals surface area contributed by atoms with Crippen LogP contribution in [0.4, 0.5) is 5.95 Å². The Kier molecular flexibility index (Phi) is 8.35. The van der Waals surface area contributed by atoms with Crippen molar-refractivity contribution in [2.75, 3.05) is 25.0 Å². The van der Waals surface area contributed by atoms with E-state index >= 15 is 0 Å². The smallest absolute Gasteiger partial charge is 0.223 e. The number of hydrogen-bond donors (Lipinski definition) is 3. The highest BCUT2D eigenvalue weighted by atomic mass is 16.2. The van der Waals surface area contributed by atoms with Crippen molar-refractivity contribution in [3.8, 4) is 0 Å². The fourth-order valence-electron chi connectivity index (χ4n) is 1.98. The van der Waals surface area contributed by atoms with E-state index in [2.05, 4.69) is 20.6 Å². The Morgan fingerprint density at radius 1 is 1.10 bits per heavy atom. The highest BCUT2D eigenvalue weighted by molar-refractivity contribution is 5.75. The van der Waals surface area contributed by atoms with Gasteiger partial charge < -0.3 is 15.7 Å². The van der Waals surface area contributed by atoms with Crippen LogP contribution in [0.1, 0.15) is 43.5 Å². The van der Waals surface area contributed by atoms with Crippen molar-refractivity contribution in [1.29, 1.82) is 0 Å². The molecule has 1 amide bonds. The maximum atomic E-state index is 11.6. The van der Waals surface area contributed by atoms with Crippen LogP contribution in [0.25, 0.3) is 0 Å². The predicted octanol–water partition coefficient (Wildman–Crippen LogP) is 1.56. The maximum absolute atomic E-state index is 11.6. The summed E-state index contributed by atoms with van der Waals surface area (Å²) < 4.78 is 0. The summed E-state index contributed by atoms with van der Waals surface area (Å²) in [6.07, 6.45) is 3.91. The number of aromatic nitrogens is 2. The molecule has 1 rings (SSSR count). The molecule has 0 aliphatic rings. The number of hydrogen-bond acceptors (Lipinski definition) is 5. The van der Waals surface area contributed by atoms with E-state index in [1.165, 1.54) is 0 Å². The van der Waals surface area contributed by atoms with Crippen LogP contribution in [0, 0.1) is 13.8 Å². The van der Waals surface area contributed by atoms with Gasteiger partial charge in [-0.3, -0.25) is 4.79 Å². The van der Waals surface area contributed by atoms with Crippen LogP contribution in [0.2, 0.25) is 0 Å². The first-order chi connectivity index (χ1) is 10.1. The Morgan fingerprint density at radius 3 is 2.48 bits per heavy atom. The molecule has 0 fully saturated rings. The Balaban J connectivity index is 2.09. The fraction of sp³-hybridized carbons (Fsp3) is 0.667. The molecule has 1 aromatic rings. The van der Waals surface area contributed by atoms with Crippen molar-refractivity contribution < 1.29 is 9.90 Å². The van der Waals surface area contributed by atoms with Crippen LogP contribution in [-0.4, -0.2) is 40.7 Å². The summed E-state index contributed by atoms with van der Waals surface area (Å²) in [5, 5.41) is 14.7. The second-order valence-electron chi connectivity index (χ2n) is 5.14. The molecule has 0 bridgehead atoms. The molecule has 0 aliphatic carbocycles. The Morgan fingerprint density at radius 2 is 1.81 bits per heavy atom. The number of nitrogens with one attached hydrogen (secondary N) is 2. The number of aliphatic hydroxyl groups is 1. The fourth-order valence-corrected chi connectivity index (χ4v) is 1.98. The molecule has 6 nitrogen and oxygen atoms in total. The highest BCUT2D eigenvalue weighted by Gasteiger charge is 2.02. The summed E-state index contributed by atoms with van der Waals surface area (Å²) >= 11 is 0. The van der Waals surface area contributed by atoms with Crippen LogP contribution in [0.5, 0.6) is 0 Å². The summed E-state index contributed by atoms with van der Waals surface area (Å²) in [5.41, 5.74) is 1.87. The van der Waals surface area contributed by atoms with E-state index in [1.54, 1.807) is 0 Å². The monoisotopic (exact) mass is 294 g/mol. The summed E-state index contributed by atoms with van der Waals surface area (Å²) in [6, 6.07) is 1.93. The van der Waals surface area contributed by atoms with Crippen molar-refractivity contribution in [3.05, 3.63) is 17.5 Å². The molecular formula is C15H26N4O2. The van der Waals surface area contributed by atoms with Crippen molar-refractivity contribution in [2.45, 2.75) is 46.0 Å². The highest BCUT2D eigenvalue weighted by Crippen LogP contribution is 2.04. The largest absolute Gasteiger partial charge is 0.396 e. The lowest BCUT2D eigenvalue weighted by Gasteiger charge is -2.07. The first-order valence-corrected chi connectivity index (χ1v) is 7.55. The van der Waals surface area contributed by atoms with Crippen LogP contribution >= 0.6 is 0 Å². The molecule has 0 spiro atoms. The van der Waals surface area contributed by atoms with Gasteiger partial charge in [0.05, 0.1) is 0 Å². The Bertz CT molecular complexity index is 417. The summed E-state index contributed by atoms with van der Waals surface area (Å²) in [4.78, 5) is 20.1. The van der Waals surface area contributed by atoms with Gasteiger partial charge in [-0.1, -0.05) is 0 Å². The minimum atomic E-state index is 0.0714. The van der Waals surface area contributed by atoms with Gasteiger partial charge >= 0.3 is 0 Å². The summed E-state index contributed by atoms with van der Waals surface area (Å²) in [6.45, 7) is 5.46. The molecule has 0 atom stereocenters. The van der Waals surface area contributed by atoms with Crippen molar-refractivity contribution in [2.24, 2.45) is 0 Å². The van der Waals surface area contributed by atoms with E-state index in [0.29, 0.717) is 25.5 Å². The zero-order valence-electron chi connectivity index (χ0n) is 13.0. The van der Waals surface area contributed by atoms with Gasteiger partial charge in [0.15, 0.2) is 0 Å². The minimum Gasteiger partial charge on any atom is -0.396 e. The molecule has 21 heavy (non-hydrogen) atoms. The SMILES string of the molecule is Cc1cc(C)nc(NCCCC(=O)NCCCCCO)n1. The average molecular weight is 294 g/mol. The average Bonchev–Trinajstić information content (AvgIpc) is 2.42. The number of carbonyl (C=O) groups is 1. The number of rotatable bonds is 10. The molecule has 0 saturated carbocycles. The van der Waals surface area contributed by atoms with Gasteiger partial charge in [0.2, 0.25) is 11.9 Å². The number of carbonyl (C=O) groups excluding carboxylic acids is 1. The van der Waals surface area contributed by atoms with Crippen LogP contribution in [-0.2, 0) is 4.79 Å². The lowest BCUT2D eigenvalue weighted by Crippen LogP contribution is -2.24. The summed E-state index contributed by atoms with van der Waals surface area (Å²) in [7, 11) is 0. The molecule has 6 heteroatoms. The molecule has 0 aromatic carbocycles. The van der Waals surface area contributed by atoms with E-state index in [4.69, 9.17) is 5.11 Å². The number of amides is 1. The zero-order valence-corrected chi connectivity index (χ0v) is 13.0. The molecule has 1 heterocycles. The molecule has 1 aromatic heterocycles. The quantitative estimate of drug-likeness (QED) is 0.570. The first-order valence-electron chi connectivity index (χ1n) is 7.55. The van der Waals surface area contributed by atoms with Crippen molar-refractivity contribution in [3.63, 3.8) is 0 Å². The molecular weight excluding hydrogens is 268 g/mol. The lowest BCUT2D eigenvalue weighted by atomic mass is 10.2. The van der Waals surface area contributed by atoms with Gasteiger partial charge in [0, 0.05) is 37.5 Å². The lowest BCUT2D eigenvalue weighted by molar-refractivity contribution is -0.121. The molecule has 0 radical (unpaired) electrons. The van der Waals surface area contributed by atoms with Gasteiger partial charge in [0.1, 0.15) is 0 Å². The maximum Gasteiger partial charge on any atom is 0.223 e. The van der Waals surface area contributed by atoms with E-state index in [-0.39, 0.29) is 12.5 Å². The first kappa shape index (κ1) is 17.4. The summed E-state index contributed by atoms with van der Waals surface area (Å²) in [5.74, 6) is 0.694. The second-order valence-corrected chi connectivity index (χ2v) is 5.14. The predicted molar refractivity (Wildman–Crippen MR) is 83.2 cm³/mol. The topological polar surface area (TPSA) is 87.1 Å². The van der Waals surface area contributed by atoms with Crippen molar-refractivity contribution in [1.82, 2.24) is 15.3 Å². The molecule has 3 N–H and O–H groups in total. The number of nitrogens with zero attached hydrogens (tertiary/aromatic N) is 2. The second kappa shape index (κ2) is 10.1. The van der Waals surface area contributed by atoms with Gasteiger partial charge in [-0.15, -0.1) is 0 Å². The van der Waals surface area contributed by atoms with E-state index < -0.39 is 0 Å². The third-order valence-corrected chi connectivity index (χ3v) is 3.00. The van der Waals surface area contributed by atoms with E-state index in [9.17, 15) is 4.79 Å². The van der Waals surface area contributed by atoms with Gasteiger partial charge in [-0.05, 0) is 45.6 Å². The van der Waals surface area contributed by atoms with Gasteiger partial charge in [0.25, 0.3) is 0 Å². The molecule has 0 aliphatic heterocycles. The zero-order chi connectivity index (χ0) is 15.5. The molecule has 0 saturated heterocycles. The van der Waals surface area contributed by atoms with E-state index in [1.807, 2.05) is 19.9 Å². The number of anilines is 1. The number of aliphatic hydroxyl groups excluding tert-OH is 1.